The first-order valence-corrected chi connectivity index (χ1v) is 9.04. The smallest absolute Gasteiger partial charge is 0.237 e. The Balaban J connectivity index is 1.73. The van der Waals surface area contributed by atoms with Crippen LogP contribution in [0.5, 0.6) is 0 Å². The van der Waals surface area contributed by atoms with Gasteiger partial charge in [0.1, 0.15) is 0 Å². The van der Waals surface area contributed by atoms with E-state index in [1.165, 1.54) is 11.6 Å². The molecule has 146 valence electrons. The number of hydrogen-bond acceptors (Lipinski definition) is 5. The third-order valence-corrected chi connectivity index (χ3v) is 4.98. The van der Waals surface area contributed by atoms with E-state index in [4.69, 9.17) is 5.84 Å². The fourth-order valence-electron chi connectivity index (χ4n) is 2.33. The summed E-state index contributed by atoms with van der Waals surface area (Å²) < 4.78 is 41.2. The third-order valence-electron chi connectivity index (χ3n) is 3.92. The highest BCUT2D eigenvalue weighted by Crippen LogP contribution is 2.26. The molecule has 0 aliphatic heterocycles. The summed E-state index contributed by atoms with van der Waals surface area (Å²) in [6.45, 7) is 3.49. The normalized spacial score (nSPS) is 12.0. The number of carbonyl (C=O) groups excluding carboxylic acids is 1. The summed E-state index contributed by atoms with van der Waals surface area (Å²) in [5.41, 5.74) is 1.38. The Bertz CT molecular complexity index is 1020. The second-order valence-electron chi connectivity index (χ2n) is 6.01. The van der Waals surface area contributed by atoms with Crippen molar-refractivity contribution in [2.45, 2.75) is 24.3 Å². The van der Waals surface area contributed by atoms with Crippen molar-refractivity contribution in [3.05, 3.63) is 59.4 Å². The lowest BCUT2D eigenvalue weighted by Crippen LogP contribution is -2.24. The first-order chi connectivity index (χ1) is 13.3. The first-order valence-electron chi connectivity index (χ1n) is 8.16. The molecule has 0 spiro atoms. The van der Waals surface area contributed by atoms with Crippen LogP contribution in [0.25, 0.3) is 11.4 Å². The molecule has 3 aromatic rings. The average Bonchev–Trinajstić information content (AvgIpc) is 3.03. The number of benzene rings is 2. The van der Waals surface area contributed by atoms with Gasteiger partial charge in [-0.2, -0.15) is 0 Å². The number of thioether (sulfide) groups is 1. The van der Waals surface area contributed by atoms with Crippen molar-refractivity contribution in [2.75, 3.05) is 11.2 Å². The van der Waals surface area contributed by atoms with Gasteiger partial charge in [0.2, 0.25) is 11.1 Å². The number of anilines is 1. The van der Waals surface area contributed by atoms with Crippen LogP contribution in [0.3, 0.4) is 0 Å². The van der Waals surface area contributed by atoms with E-state index in [2.05, 4.69) is 15.5 Å². The number of nitrogens with two attached hydrogens (primary N) is 1. The average molecular weight is 407 g/mol. The van der Waals surface area contributed by atoms with Crippen molar-refractivity contribution in [3.8, 4) is 11.4 Å². The minimum absolute atomic E-state index is 0.268. The van der Waals surface area contributed by atoms with E-state index in [9.17, 15) is 18.0 Å². The fourth-order valence-corrected chi connectivity index (χ4v) is 3.10. The van der Waals surface area contributed by atoms with Crippen molar-refractivity contribution >= 4 is 23.4 Å². The molecule has 0 fully saturated rings. The molecule has 0 aliphatic carbocycles. The van der Waals surface area contributed by atoms with Crippen LogP contribution in [0, 0.1) is 24.4 Å². The SMILES string of the molecule is Cc1ccc(-c2nnc(S[C@@H](C)C(=O)Nc3ccc(F)c(F)c3F)n2N)cc1. The summed E-state index contributed by atoms with van der Waals surface area (Å²) in [5.74, 6) is 1.36. The number of aryl methyl sites for hydroxylation is 1. The van der Waals surface area contributed by atoms with Crippen LogP contribution in [0.2, 0.25) is 0 Å². The molecule has 3 rings (SSSR count). The highest BCUT2D eigenvalue weighted by molar-refractivity contribution is 8.00. The largest absolute Gasteiger partial charge is 0.335 e. The van der Waals surface area contributed by atoms with E-state index in [-0.39, 0.29) is 5.16 Å². The van der Waals surface area contributed by atoms with E-state index in [0.29, 0.717) is 5.82 Å². The maximum absolute atomic E-state index is 13.7. The first kappa shape index (κ1) is 19.7. The molecule has 2 aromatic carbocycles. The second kappa shape index (κ2) is 7.93. The summed E-state index contributed by atoms with van der Waals surface area (Å²) in [6, 6.07) is 9.19. The summed E-state index contributed by atoms with van der Waals surface area (Å²) in [4.78, 5) is 12.3. The summed E-state index contributed by atoms with van der Waals surface area (Å²) in [5, 5.41) is 9.74. The molecule has 0 bridgehead atoms. The molecule has 28 heavy (non-hydrogen) atoms. The van der Waals surface area contributed by atoms with Gasteiger partial charge in [-0.3, -0.25) is 4.79 Å². The highest BCUT2D eigenvalue weighted by atomic mass is 32.2. The van der Waals surface area contributed by atoms with Crippen LogP contribution in [0.1, 0.15) is 12.5 Å². The van der Waals surface area contributed by atoms with Crippen LogP contribution >= 0.6 is 11.8 Å². The summed E-state index contributed by atoms with van der Waals surface area (Å²) >= 11 is 0.991. The number of carbonyl (C=O) groups is 1. The zero-order chi connectivity index (χ0) is 20.4. The molecule has 0 aliphatic rings. The second-order valence-corrected chi connectivity index (χ2v) is 7.32. The van der Waals surface area contributed by atoms with Crippen LogP contribution < -0.4 is 11.2 Å². The van der Waals surface area contributed by atoms with Gasteiger partial charge < -0.3 is 11.2 Å². The molecule has 0 radical (unpaired) electrons. The maximum Gasteiger partial charge on any atom is 0.237 e. The molecule has 6 nitrogen and oxygen atoms in total. The summed E-state index contributed by atoms with van der Waals surface area (Å²) in [6.07, 6.45) is 0. The lowest BCUT2D eigenvalue weighted by atomic mass is 10.1. The van der Waals surface area contributed by atoms with Gasteiger partial charge in [-0.25, -0.2) is 17.8 Å². The van der Waals surface area contributed by atoms with E-state index in [0.717, 1.165) is 35.0 Å². The van der Waals surface area contributed by atoms with E-state index in [1.54, 1.807) is 0 Å². The number of aromatic nitrogens is 3. The molecule has 0 saturated heterocycles. The lowest BCUT2D eigenvalue weighted by molar-refractivity contribution is -0.115. The van der Waals surface area contributed by atoms with Gasteiger partial charge in [0.05, 0.1) is 10.9 Å². The molecule has 1 heterocycles. The van der Waals surface area contributed by atoms with Gasteiger partial charge in [0.25, 0.3) is 0 Å². The van der Waals surface area contributed by atoms with Crippen LogP contribution in [0.4, 0.5) is 18.9 Å². The molecule has 1 atom stereocenters. The van der Waals surface area contributed by atoms with Crippen molar-refractivity contribution in [3.63, 3.8) is 0 Å². The number of rotatable bonds is 5. The minimum Gasteiger partial charge on any atom is -0.335 e. The van der Waals surface area contributed by atoms with Gasteiger partial charge in [0.15, 0.2) is 23.3 Å². The number of halogens is 3. The molecule has 10 heteroatoms. The fraction of sp³-hybridized carbons (Fsp3) is 0.167. The van der Waals surface area contributed by atoms with Gasteiger partial charge >= 0.3 is 0 Å². The standard InChI is InChI=1S/C18H16F3N5OS/c1-9-3-5-11(6-4-9)16-24-25-18(26(16)22)28-10(2)17(27)23-13-8-7-12(19)14(20)15(13)21/h3-8,10H,22H2,1-2H3,(H,23,27)/t10-/m0/s1. The lowest BCUT2D eigenvalue weighted by Gasteiger charge is -2.12. The predicted octanol–water partition coefficient (Wildman–Crippen LogP) is 3.50. The van der Waals surface area contributed by atoms with Gasteiger partial charge in [-0.05, 0) is 26.0 Å². The molecular formula is C18H16F3N5OS. The third kappa shape index (κ3) is 3.96. The predicted molar refractivity (Wildman–Crippen MR) is 101 cm³/mol. The van der Waals surface area contributed by atoms with E-state index in [1.807, 2.05) is 31.2 Å². The molecule has 1 amide bonds. The Morgan fingerprint density at radius 3 is 2.46 bits per heavy atom. The van der Waals surface area contributed by atoms with E-state index < -0.39 is 34.3 Å². The quantitative estimate of drug-likeness (QED) is 0.384. The van der Waals surface area contributed by atoms with Crippen molar-refractivity contribution < 1.29 is 18.0 Å². The molecule has 0 unspecified atom stereocenters. The number of hydrogen-bond donors (Lipinski definition) is 2. The van der Waals surface area contributed by atoms with Crippen molar-refractivity contribution in [1.29, 1.82) is 0 Å². The molecule has 1 aromatic heterocycles. The zero-order valence-electron chi connectivity index (χ0n) is 14.9. The Morgan fingerprint density at radius 2 is 1.79 bits per heavy atom. The van der Waals surface area contributed by atoms with E-state index >= 15 is 0 Å². The Hall–Kier alpha value is -3.01. The van der Waals surface area contributed by atoms with Crippen LogP contribution in [0.15, 0.2) is 41.6 Å². The van der Waals surface area contributed by atoms with Gasteiger partial charge in [0, 0.05) is 5.56 Å². The van der Waals surface area contributed by atoms with Crippen LogP contribution in [-0.4, -0.2) is 26.0 Å². The number of nitrogens with one attached hydrogen (secondary N) is 1. The number of amides is 1. The number of nitrogen functional groups attached to an aromatic ring is 1. The van der Waals surface area contributed by atoms with Crippen molar-refractivity contribution in [2.24, 2.45) is 0 Å². The molecule has 0 saturated carbocycles. The Morgan fingerprint density at radius 1 is 1.11 bits per heavy atom. The summed E-state index contributed by atoms with van der Waals surface area (Å²) in [7, 11) is 0. The zero-order valence-corrected chi connectivity index (χ0v) is 15.7. The minimum atomic E-state index is -1.65. The monoisotopic (exact) mass is 407 g/mol. The molecular weight excluding hydrogens is 391 g/mol. The van der Waals surface area contributed by atoms with Gasteiger partial charge in [-0.15, -0.1) is 10.2 Å². The molecule has 3 N–H and O–H groups in total. The Kier molecular flexibility index (Phi) is 5.59. The topological polar surface area (TPSA) is 85.8 Å². The van der Waals surface area contributed by atoms with Crippen molar-refractivity contribution in [1.82, 2.24) is 14.9 Å². The van der Waals surface area contributed by atoms with Crippen LogP contribution in [-0.2, 0) is 4.79 Å². The number of nitrogens with zero attached hydrogens (tertiary/aromatic N) is 3. The van der Waals surface area contributed by atoms with Gasteiger partial charge in [-0.1, -0.05) is 41.6 Å². The maximum atomic E-state index is 13.7. The highest BCUT2D eigenvalue weighted by Gasteiger charge is 2.22. The Labute approximate surface area is 162 Å².